The van der Waals surface area contributed by atoms with Crippen molar-refractivity contribution in [2.75, 3.05) is 0 Å². The van der Waals surface area contributed by atoms with Gasteiger partial charge in [0.15, 0.2) is 0 Å². The van der Waals surface area contributed by atoms with E-state index in [1.54, 1.807) is 0 Å². The highest BCUT2D eigenvalue weighted by molar-refractivity contribution is 5.27. The summed E-state index contributed by atoms with van der Waals surface area (Å²) in [6, 6.07) is 9.61. The lowest BCUT2D eigenvalue weighted by Gasteiger charge is -2.27. The van der Waals surface area contributed by atoms with Gasteiger partial charge in [-0.1, -0.05) is 29.8 Å². The molecule has 1 aliphatic carbocycles. The first-order valence-electron chi connectivity index (χ1n) is 7.48. The van der Waals surface area contributed by atoms with Crippen LogP contribution in [0.5, 0.6) is 0 Å². The minimum atomic E-state index is 0.367. The molecule has 0 bridgehead atoms. The third-order valence-corrected chi connectivity index (χ3v) is 4.40. The predicted octanol–water partition coefficient (Wildman–Crippen LogP) is 3.46. The van der Waals surface area contributed by atoms with E-state index < -0.39 is 0 Å². The van der Waals surface area contributed by atoms with Crippen LogP contribution in [0.15, 0.2) is 30.5 Å². The molecule has 3 rings (SSSR count). The fourth-order valence-electron chi connectivity index (χ4n) is 3.13. The van der Waals surface area contributed by atoms with Crippen molar-refractivity contribution < 1.29 is 0 Å². The maximum Gasteiger partial charge on any atom is 0.0540 e. The Morgan fingerprint density at radius 3 is 2.80 bits per heavy atom. The second-order valence-corrected chi connectivity index (χ2v) is 5.91. The Labute approximate surface area is 121 Å². The summed E-state index contributed by atoms with van der Waals surface area (Å²) in [5.41, 5.74) is 5.45. The van der Waals surface area contributed by atoms with Gasteiger partial charge in [-0.2, -0.15) is 5.10 Å². The average molecular weight is 269 g/mol. The first-order valence-corrected chi connectivity index (χ1v) is 7.48. The molecule has 20 heavy (non-hydrogen) atoms. The lowest BCUT2D eigenvalue weighted by atomic mass is 9.92. The third-order valence-electron chi connectivity index (χ3n) is 4.40. The smallest absolute Gasteiger partial charge is 0.0540 e. The fourth-order valence-corrected chi connectivity index (χ4v) is 3.13. The summed E-state index contributed by atoms with van der Waals surface area (Å²) < 4.78 is 2.03. The lowest BCUT2D eigenvalue weighted by molar-refractivity contribution is 0.411. The minimum absolute atomic E-state index is 0.367. The standard InChI is InChI=1S/C17H23N3/c1-12-7-9-14(10-8-12)13(2)19-16-5-4-6-17-15(16)11-18-20(17)3/h7-11,13,16,19H,4-6H2,1-3H3. The van der Waals surface area contributed by atoms with Crippen molar-refractivity contribution in [1.29, 1.82) is 0 Å². The summed E-state index contributed by atoms with van der Waals surface area (Å²) in [4.78, 5) is 0. The number of hydrogen-bond acceptors (Lipinski definition) is 2. The summed E-state index contributed by atoms with van der Waals surface area (Å²) in [5.74, 6) is 0. The van der Waals surface area contributed by atoms with Crippen molar-refractivity contribution in [3.05, 3.63) is 52.8 Å². The topological polar surface area (TPSA) is 29.9 Å². The Hall–Kier alpha value is -1.61. The van der Waals surface area contributed by atoms with Crippen LogP contribution in [0.4, 0.5) is 0 Å². The average Bonchev–Trinajstić information content (AvgIpc) is 2.82. The molecule has 0 amide bonds. The van der Waals surface area contributed by atoms with Crippen LogP contribution in [0.25, 0.3) is 0 Å². The van der Waals surface area contributed by atoms with Gasteiger partial charge in [-0.15, -0.1) is 0 Å². The molecule has 2 atom stereocenters. The zero-order chi connectivity index (χ0) is 14.1. The molecular weight excluding hydrogens is 246 g/mol. The summed E-state index contributed by atoms with van der Waals surface area (Å²) in [6.07, 6.45) is 5.64. The molecular formula is C17H23N3. The van der Waals surface area contributed by atoms with E-state index in [0.29, 0.717) is 12.1 Å². The highest BCUT2D eigenvalue weighted by Gasteiger charge is 2.24. The van der Waals surface area contributed by atoms with Crippen LogP contribution in [-0.4, -0.2) is 9.78 Å². The van der Waals surface area contributed by atoms with Crippen LogP contribution in [-0.2, 0) is 13.5 Å². The van der Waals surface area contributed by atoms with Gasteiger partial charge >= 0.3 is 0 Å². The normalized spacial score (nSPS) is 19.6. The van der Waals surface area contributed by atoms with E-state index in [9.17, 15) is 0 Å². The van der Waals surface area contributed by atoms with Gasteiger partial charge in [-0.25, -0.2) is 0 Å². The van der Waals surface area contributed by atoms with E-state index in [1.165, 1.54) is 35.2 Å². The number of nitrogens with one attached hydrogen (secondary N) is 1. The van der Waals surface area contributed by atoms with Crippen molar-refractivity contribution in [3.63, 3.8) is 0 Å². The van der Waals surface area contributed by atoms with Gasteiger partial charge in [0.05, 0.1) is 6.20 Å². The number of fused-ring (bicyclic) bond motifs is 1. The molecule has 3 heteroatoms. The van der Waals surface area contributed by atoms with Crippen molar-refractivity contribution in [1.82, 2.24) is 15.1 Å². The van der Waals surface area contributed by atoms with Gasteiger partial charge in [0.1, 0.15) is 0 Å². The number of benzene rings is 1. The van der Waals surface area contributed by atoms with E-state index in [2.05, 4.69) is 48.5 Å². The first kappa shape index (κ1) is 13.4. The molecule has 0 saturated carbocycles. The second kappa shape index (κ2) is 5.41. The fraction of sp³-hybridized carbons (Fsp3) is 0.471. The van der Waals surface area contributed by atoms with E-state index in [1.807, 2.05) is 17.9 Å². The molecule has 0 radical (unpaired) electrons. The van der Waals surface area contributed by atoms with Crippen molar-refractivity contribution in [3.8, 4) is 0 Å². The highest BCUT2D eigenvalue weighted by Crippen LogP contribution is 2.31. The van der Waals surface area contributed by atoms with Crippen LogP contribution in [0.3, 0.4) is 0 Å². The zero-order valence-corrected chi connectivity index (χ0v) is 12.6. The molecule has 0 fully saturated rings. The van der Waals surface area contributed by atoms with Gasteiger partial charge in [-0.3, -0.25) is 4.68 Å². The van der Waals surface area contributed by atoms with Gasteiger partial charge < -0.3 is 5.32 Å². The van der Waals surface area contributed by atoms with Gasteiger partial charge in [0.2, 0.25) is 0 Å². The summed E-state index contributed by atoms with van der Waals surface area (Å²) in [5, 5.41) is 8.19. The maximum atomic E-state index is 4.42. The summed E-state index contributed by atoms with van der Waals surface area (Å²) in [6.45, 7) is 4.38. The number of hydrogen-bond donors (Lipinski definition) is 1. The van der Waals surface area contributed by atoms with E-state index in [0.717, 1.165) is 6.42 Å². The van der Waals surface area contributed by atoms with Crippen LogP contribution in [0, 0.1) is 6.92 Å². The predicted molar refractivity (Wildman–Crippen MR) is 81.6 cm³/mol. The van der Waals surface area contributed by atoms with Gasteiger partial charge in [0, 0.05) is 30.4 Å². The highest BCUT2D eigenvalue weighted by atomic mass is 15.3. The van der Waals surface area contributed by atoms with E-state index in [4.69, 9.17) is 0 Å². The van der Waals surface area contributed by atoms with E-state index >= 15 is 0 Å². The largest absolute Gasteiger partial charge is 0.303 e. The Bertz CT molecular complexity index is 583. The first-order chi connectivity index (χ1) is 9.65. The Kier molecular flexibility index (Phi) is 3.62. The number of aryl methyl sites for hydroxylation is 2. The number of nitrogens with zero attached hydrogens (tertiary/aromatic N) is 2. The Balaban J connectivity index is 1.77. The minimum Gasteiger partial charge on any atom is -0.303 e. The van der Waals surface area contributed by atoms with Gasteiger partial charge in [0.25, 0.3) is 0 Å². The molecule has 0 spiro atoms. The van der Waals surface area contributed by atoms with Crippen molar-refractivity contribution >= 4 is 0 Å². The molecule has 0 aliphatic heterocycles. The maximum absolute atomic E-state index is 4.42. The molecule has 2 unspecified atom stereocenters. The number of rotatable bonds is 3. The third kappa shape index (κ3) is 2.50. The SMILES string of the molecule is Cc1ccc(C(C)NC2CCCc3c2cnn3C)cc1. The number of aromatic nitrogens is 2. The van der Waals surface area contributed by atoms with Crippen LogP contribution in [0.1, 0.15) is 54.2 Å². The molecule has 1 aliphatic rings. The zero-order valence-electron chi connectivity index (χ0n) is 12.6. The molecule has 3 nitrogen and oxygen atoms in total. The second-order valence-electron chi connectivity index (χ2n) is 5.91. The Morgan fingerprint density at radius 1 is 1.30 bits per heavy atom. The van der Waals surface area contributed by atoms with Crippen LogP contribution < -0.4 is 5.32 Å². The summed E-state index contributed by atoms with van der Waals surface area (Å²) >= 11 is 0. The Morgan fingerprint density at radius 2 is 2.05 bits per heavy atom. The summed E-state index contributed by atoms with van der Waals surface area (Å²) in [7, 11) is 2.05. The van der Waals surface area contributed by atoms with Crippen molar-refractivity contribution in [2.24, 2.45) is 7.05 Å². The molecule has 106 valence electrons. The van der Waals surface area contributed by atoms with E-state index in [-0.39, 0.29) is 0 Å². The molecule has 1 aromatic heterocycles. The lowest BCUT2D eigenvalue weighted by Crippen LogP contribution is -2.27. The van der Waals surface area contributed by atoms with Crippen LogP contribution in [0.2, 0.25) is 0 Å². The molecule has 2 aromatic rings. The molecule has 1 heterocycles. The monoisotopic (exact) mass is 269 g/mol. The van der Waals surface area contributed by atoms with Crippen LogP contribution >= 0.6 is 0 Å². The quantitative estimate of drug-likeness (QED) is 0.925. The van der Waals surface area contributed by atoms with Crippen molar-refractivity contribution in [2.45, 2.75) is 45.2 Å². The molecule has 1 aromatic carbocycles. The molecule has 0 saturated heterocycles. The molecule has 1 N–H and O–H groups in total. The van der Waals surface area contributed by atoms with Gasteiger partial charge in [-0.05, 0) is 38.7 Å².